The lowest BCUT2D eigenvalue weighted by Gasteiger charge is -2.35. The molecule has 1 N–H and O–H groups in total. The van der Waals surface area contributed by atoms with E-state index in [1.807, 2.05) is 20.8 Å². The van der Waals surface area contributed by atoms with Gasteiger partial charge >= 0.3 is 0 Å². The molecule has 0 spiro atoms. The average molecular weight is 278 g/mol. The van der Waals surface area contributed by atoms with Gasteiger partial charge in [-0.1, -0.05) is 19.1 Å². The molecule has 1 aromatic rings. The molecule has 0 saturated carbocycles. The average Bonchev–Trinajstić information content (AvgIpc) is 2.42. The SMILES string of the molecule is CCC(=O)NN(C(=O)c1ccccc1OC)C(C)(C)C. The van der Waals surface area contributed by atoms with Gasteiger partial charge in [0.15, 0.2) is 0 Å². The summed E-state index contributed by atoms with van der Waals surface area (Å²) in [5.74, 6) is -0.0163. The van der Waals surface area contributed by atoms with Crippen LogP contribution in [0.4, 0.5) is 0 Å². The first-order chi connectivity index (χ1) is 9.31. The molecule has 1 rings (SSSR count). The molecule has 5 nitrogen and oxygen atoms in total. The van der Waals surface area contributed by atoms with Crippen LogP contribution >= 0.6 is 0 Å². The highest BCUT2D eigenvalue weighted by molar-refractivity contribution is 5.98. The van der Waals surface area contributed by atoms with Crippen molar-refractivity contribution in [3.8, 4) is 5.75 Å². The second kappa shape index (κ2) is 6.41. The number of rotatable bonds is 3. The normalized spacial score (nSPS) is 10.8. The topological polar surface area (TPSA) is 58.6 Å². The highest BCUT2D eigenvalue weighted by Gasteiger charge is 2.30. The van der Waals surface area contributed by atoms with Crippen LogP contribution in [0.2, 0.25) is 0 Å². The number of carbonyl (C=O) groups is 2. The third kappa shape index (κ3) is 3.73. The maximum absolute atomic E-state index is 12.7. The Morgan fingerprint density at radius 2 is 1.85 bits per heavy atom. The van der Waals surface area contributed by atoms with Gasteiger partial charge in [-0.3, -0.25) is 15.0 Å². The first-order valence-corrected chi connectivity index (χ1v) is 6.58. The Morgan fingerprint density at radius 1 is 1.25 bits per heavy atom. The molecule has 5 heteroatoms. The van der Waals surface area contributed by atoms with Crippen molar-refractivity contribution in [3.63, 3.8) is 0 Å². The van der Waals surface area contributed by atoms with Crippen LogP contribution in [0, 0.1) is 0 Å². The van der Waals surface area contributed by atoms with Crippen molar-refractivity contribution in [1.82, 2.24) is 10.4 Å². The van der Waals surface area contributed by atoms with Crippen molar-refractivity contribution in [2.24, 2.45) is 0 Å². The molecule has 0 aromatic heterocycles. The monoisotopic (exact) mass is 278 g/mol. The highest BCUT2D eigenvalue weighted by atomic mass is 16.5. The van der Waals surface area contributed by atoms with E-state index in [4.69, 9.17) is 4.74 Å². The van der Waals surface area contributed by atoms with Gasteiger partial charge in [-0.15, -0.1) is 0 Å². The lowest BCUT2D eigenvalue weighted by atomic mass is 10.1. The number of hydrogen-bond acceptors (Lipinski definition) is 3. The highest BCUT2D eigenvalue weighted by Crippen LogP contribution is 2.22. The summed E-state index contributed by atoms with van der Waals surface area (Å²) in [4.78, 5) is 24.3. The lowest BCUT2D eigenvalue weighted by molar-refractivity contribution is -0.126. The van der Waals surface area contributed by atoms with E-state index in [0.29, 0.717) is 17.7 Å². The molecule has 0 aliphatic rings. The Kier molecular flexibility index (Phi) is 5.13. The van der Waals surface area contributed by atoms with Crippen molar-refractivity contribution in [3.05, 3.63) is 29.8 Å². The van der Waals surface area contributed by atoms with Crippen LogP contribution in [0.1, 0.15) is 44.5 Å². The minimum atomic E-state index is -0.539. The van der Waals surface area contributed by atoms with Gasteiger partial charge in [0.2, 0.25) is 5.91 Å². The van der Waals surface area contributed by atoms with Crippen LogP contribution in [-0.4, -0.2) is 29.5 Å². The largest absolute Gasteiger partial charge is 0.496 e. The van der Waals surface area contributed by atoms with E-state index in [1.54, 1.807) is 31.2 Å². The number of carbonyl (C=O) groups excluding carboxylic acids is 2. The smallest absolute Gasteiger partial charge is 0.276 e. The summed E-state index contributed by atoms with van der Waals surface area (Å²) in [6, 6.07) is 6.95. The Labute approximate surface area is 119 Å². The second-order valence-electron chi connectivity index (χ2n) is 5.40. The summed E-state index contributed by atoms with van der Waals surface area (Å²) in [5.41, 5.74) is 2.52. The fourth-order valence-electron chi connectivity index (χ4n) is 1.67. The zero-order valence-corrected chi connectivity index (χ0v) is 12.7. The van der Waals surface area contributed by atoms with Gasteiger partial charge < -0.3 is 4.74 Å². The summed E-state index contributed by atoms with van der Waals surface area (Å²) in [7, 11) is 1.51. The Balaban J connectivity index is 3.14. The van der Waals surface area contributed by atoms with E-state index in [9.17, 15) is 9.59 Å². The lowest BCUT2D eigenvalue weighted by Crippen LogP contribution is -2.55. The second-order valence-corrected chi connectivity index (χ2v) is 5.40. The van der Waals surface area contributed by atoms with Gasteiger partial charge in [0.25, 0.3) is 5.91 Å². The third-order valence-corrected chi connectivity index (χ3v) is 2.77. The third-order valence-electron chi connectivity index (χ3n) is 2.77. The molecule has 2 amide bonds. The number of benzene rings is 1. The number of ether oxygens (including phenoxy) is 1. The predicted molar refractivity (Wildman–Crippen MR) is 77.4 cm³/mol. The Bertz CT molecular complexity index is 492. The van der Waals surface area contributed by atoms with E-state index in [1.165, 1.54) is 12.1 Å². The number of methoxy groups -OCH3 is 1. The van der Waals surface area contributed by atoms with Crippen LogP contribution in [0.25, 0.3) is 0 Å². The van der Waals surface area contributed by atoms with Gasteiger partial charge in [-0.2, -0.15) is 0 Å². The van der Waals surface area contributed by atoms with E-state index >= 15 is 0 Å². The molecular formula is C15H22N2O3. The quantitative estimate of drug-likeness (QED) is 0.864. The summed E-state index contributed by atoms with van der Waals surface area (Å²) in [6.45, 7) is 7.31. The Morgan fingerprint density at radius 3 is 2.35 bits per heavy atom. The molecule has 0 aliphatic carbocycles. The molecule has 110 valence electrons. The van der Waals surface area contributed by atoms with Gasteiger partial charge in [0.1, 0.15) is 5.75 Å². The fraction of sp³-hybridized carbons (Fsp3) is 0.467. The molecule has 0 heterocycles. The van der Waals surface area contributed by atoms with Gasteiger partial charge in [-0.25, -0.2) is 5.01 Å². The van der Waals surface area contributed by atoms with E-state index < -0.39 is 5.54 Å². The maximum Gasteiger partial charge on any atom is 0.276 e. The summed E-state index contributed by atoms with van der Waals surface area (Å²) in [5, 5.41) is 1.34. The van der Waals surface area contributed by atoms with Crippen LogP contribution in [-0.2, 0) is 4.79 Å². The molecule has 0 radical (unpaired) electrons. The number of hydrogen-bond donors (Lipinski definition) is 1. The number of nitrogens with one attached hydrogen (secondary N) is 1. The minimum absolute atomic E-state index is 0.205. The van der Waals surface area contributed by atoms with Gasteiger partial charge in [0, 0.05) is 6.42 Å². The Hall–Kier alpha value is -2.04. The van der Waals surface area contributed by atoms with Crippen molar-refractivity contribution < 1.29 is 14.3 Å². The number of amides is 2. The number of para-hydroxylation sites is 1. The zero-order chi connectivity index (χ0) is 15.3. The molecule has 0 unspecified atom stereocenters. The molecule has 0 bridgehead atoms. The molecule has 0 atom stereocenters. The molecule has 0 saturated heterocycles. The van der Waals surface area contributed by atoms with Crippen LogP contribution in [0.5, 0.6) is 5.75 Å². The van der Waals surface area contributed by atoms with E-state index in [2.05, 4.69) is 5.43 Å². The fourth-order valence-corrected chi connectivity index (χ4v) is 1.67. The molecule has 1 aromatic carbocycles. The van der Waals surface area contributed by atoms with E-state index in [0.717, 1.165) is 0 Å². The van der Waals surface area contributed by atoms with Crippen molar-refractivity contribution in [2.75, 3.05) is 7.11 Å². The maximum atomic E-state index is 12.7. The van der Waals surface area contributed by atoms with Crippen molar-refractivity contribution >= 4 is 11.8 Å². The van der Waals surface area contributed by atoms with Crippen molar-refractivity contribution in [1.29, 1.82) is 0 Å². The van der Waals surface area contributed by atoms with Crippen LogP contribution < -0.4 is 10.2 Å². The molecule has 0 fully saturated rings. The van der Waals surface area contributed by atoms with Crippen LogP contribution in [0.3, 0.4) is 0 Å². The molecular weight excluding hydrogens is 256 g/mol. The number of hydrazine groups is 1. The van der Waals surface area contributed by atoms with Gasteiger partial charge in [0.05, 0.1) is 18.2 Å². The summed E-state index contributed by atoms with van der Waals surface area (Å²) in [6.07, 6.45) is 0.311. The molecule has 0 aliphatic heterocycles. The van der Waals surface area contributed by atoms with E-state index in [-0.39, 0.29) is 11.8 Å². The number of nitrogens with zero attached hydrogens (tertiary/aromatic N) is 1. The standard InChI is InChI=1S/C15H22N2O3/c1-6-13(18)16-17(15(2,3)4)14(19)11-9-7-8-10-12(11)20-5/h7-10H,6H2,1-5H3,(H,16,18). The van der Waals surface area contributed by atoms with Gasteiger partial charge in [-0.05, 0) is 32.9 Å². The minimum Gasteiger partial charge on any atom is -0.496 e. The first kappa shape index (κ1) is 16.0. The predicted octanol–water partition coefficient (Wildman–Crippen LogP) is 2.38. The summed E-state index contributed by atoms with van der Waals surface area (Å²) >= 11 is 0. The molecule has 20 heavy (non-hydrogen) atoms. The first-order valence-electron chi connectivity index (χ1n) is 6.58. The zero-order valence-electron chi connectivity index (χ0n) is 12.7. The van der Waals surface area contributed by atoms with Crippen molar-refractivity contribution in [2.45, 2.75) is 39.7 Å². The summed E-state index contributed by atoms with van der Waals surface area (Å²) < 4.78 is 5.20. The van der Waals surface area contributed by atoms with Crippen LogP contribution in [0.15, 0.2) is 24.3 Å².